The van der Waals surface area contributed by atoms with Gasteiger partial charge in [-0.15, -0.1) is 0 Å². The molecule has 1 unspecified atom stereocenters. The molecule has 1 heterocycles. The van der Waals surface area contributed by atoms with Gasteiger partial charge in [0.15, 0.2) is 11.9 Å². The molecule has 6 nitrogen and oxygen atoms in total. The average molecular weight is 332 g/mol. The Hall–Kier alpha value is -2.37. The molecular formula is C18H24N2O4. The van der Waals surface area contributed by atoms with Gasteiger partial charge in [-0.25, -0.2) is 0 Å². The molecule has 0 spiro atoms. The normalized spacial score (nSPS) is 12.7. The fourth-order valence-corrected chi connectivity index (χ4v) is 1.93. The summed E-state index contributed by atoms with van der Waals surface area (Å²) in [5.41, 5.74) is -0.208. The van der Waals surface area contributed by atoms with Crippen LogP contribution in [0.15, 0.2) is 34.9 Å². The maximum atomic E-state index is 11.9. The third-order valence-electron chi connectivity index (χ3n) is 3.31. The van der Waals surface area contributed by atoms with Crippen molar-refractivity contribution in [2.45, 2.75) is 52.1 Å². The first kappa shape index (κ1) is 18.0. The number of hydrogen-bond donors (Lipinski definition) is 0. The number of benzene rings is 1. The second-order valence-electron chi connectivity index (χ2n) is 6.60. The van der Waals surface area contributed by atoms with Gasteiger partial charge in [-0.2, -0.15) is 4.98 Å². The van der Waals surface area contributed by atoms with Crippen molar-refractivity contribution < 1.29 is 18.8 Å². The summed E-state index contributed by atoms with van der Waals surface area (Å²) in [4.78, 5) is 16.2. The van der Waals surface area contributed by atoms with E-state index < -0.39 is 6.10 Å². The van der Waals surface area contributed by atoms with Crippen LogP contribution in [0.4, 0.5) is 0 Å². The highest BCUT2D eigenvalue weighted by atomic mass is 16.6. The number of hydrogen-bond acceptors (Lipinski definition) is 6. The van der Waals surface area contributed by atoms with E-state index >= 15 is 0 Å². The molecule has 1 aromatic heterocycles. The summed E-state index contributed by atoms with van der Waals surface area (Å²) in [5.74, 6) is 1.39. The molecule has 0 saturated heterocycles. The van der Waals surface area contributed by atoms with Gasteiger partial charge in [0.05, 0.1) is 6.61 Å². The van der Waals surface area contributed by atoms with Gasteiger partial charge in [0.1, 0.15) is 5.75 Å². The van der Waals surface area contributed by atoms with Crippen LogP contribution in [0.2, 0.25) is 0 Å². The Morgan fingerprint density at radius 1 is 1.25 bits per heavy atom. The minimum atomic E-state index is -0.559. The van der Waals surface area contributed by atoms with Crippen molar-refractivity contribution in [3.8, 4) is 5.75 Å². The zero-order valence-electron chi connectivity index (χ0n) is 14.6. The highest BCUT2D eigenvalue weighted by Gasteiger charge is 2.24. The first-order valence-electron chi connectivity index (χ1n) is 8.07. The summed E-state index contributed by atoms with van der Waals surface area (Å²) in [5, 5.41) is 3.93. The van der Waals surface area contributed by atoms with Gasteiger partial charge >= 0.3 is 5.97 Å². The predicted molar refractivity (Wildman–Crippen MR) is 88.7 cm³/mol. The Labute approximate surface area is 142 Å². The molecule has 0 radical (unpaired) electrons. The zero-order valence-corrected chi connectivity index (χ0v) is 14.6. The number of esters is 1. The van der Waals surface area contributed by atoms with E-state index in [0.717, 1.165) is 5.75 Å². The standard InChI is InChI=1S/C18H24N2O4/c1-13(16-19-17(20-24-16)18(2,3)4)23-15(21)11-8-12-22-14-9-6-5-7-10-14/h5-7,9-10,13H,8,11-12H2,1-4H3. The predicted octanol–water partition coefficient (Wildman–Crippen LogP) is 3.83. The molecule has 6 heteroatoms. The first-order chi connectivity index (χ1) is 11.4. The fraction of sp³-hybridized carbons (Fsp3) is 0.500. The van der Waals surface area contributed by atoms with E-state index in [1.807, 2.05) is 51.1 Å². The molecule has 130 valence electrons. The topological polar surface area (TPSA) is 74.5 Å². The largest absolute Gasteiger partial charge is 0.494 e. The Balaban J connectivity index is 1.72. The molecule has 1 atom stereocenters. The van der Waals surface area contributed by atoms with E-state index in [2.05, 4.69) is 10.1 Å². The lowest BCUT2D eigenvalue weighted by atomic mass is 9.96. The van der Waals surface area contributed by atoms with Gasteiger partial charge in [-0.05, 0) is 25.5 Å². The highest BCUT2D eigenvalue weighted by Crippen LogP contribution is 2.22. The van der Waals surface area contributed by atoms with Crippen LogP contribution in [0.1, 0.15) is 58.4 Å². The third-order valence-corrected chi connectivity index (χ3v) is 3.31. The van der Waals surface area contributed by atoms with E-state index in [-0.39, 0.29) is 17.8 Å². The smallest absolute Gasteiger partial charge is 0.306 e. The first-order valence-corrected chi connectivity index (χ1v) is 8.07. The summed E-state index contributed by atoms with van der Waals surface area (Å²) in [7, 11) is 0. The molecule has 0 amide bonds. The van der Waals surface area contributed by atoms with E-state index in [0.29, 0.717) is 24.7 Å². The van der Waals surface area contributed by atoms with Crippen LogP contribution in [0.3, 0.4) is 0 Å². The molecule has 0 fully saturated rings. The van der Waals surface area contributed by atoms with Gasteiger partial charge in [0.2, 0.25) is 0 Å². The van der Waals surface area contributed by atoms with Crippen LogP contribution < -0.4 is 4.74 Å². The van der Waals surface area contributed by atoms with E-state index in [1.54, 1.807) is 6.92 Å². The van der Waals surface area contributed by atoms with Gasteiger partial charge < -0.3 is 14.0 Å². The van der Waals surface area contributed by atoms with Crippen molar-refractivity contribution in [1.29, 1.82) is 0 Å². The SMILES string of the molecule is CC(OC(=O)CCCOc1ccccc1)c1nc(C(C)(C)C)no1. The number of carbonyl (C=O) groups excluding carboxylic acids is 1. The lowest BCUT2D eigenvalue weighted by Crippen LogP contribution is -2.14. The monoisotopic (exact) mass is 332 g/mol. The van der Waals surface area contributed by atoms with Crippen LogP contribution in [-0.4, -0.2) is 22.7 Å². The quantitative estimate of drug-likeness (QED) is 0.566. The lowest BCUT2D eigenvalue weighted by Gasteiger charge is -2.12. The van der Waals surface area contributed by atoms with Crippen LogP contribution in [-0.2, 0) is 14.9 Å². The summed E-state index contributed by atoms with van der Waals surface area (Å²) < 4.78 is 16.0. The van der Waals surface area contributed by atoms with Gasteiger partial charge in [0.25, 0.3) is 5.89 Å². The van der Waals surface area contributed by atoms with Gasteiger partial charge in [-0.3, -0.25) is 4.79 Å². The van der Waals surface area contributed by atoms with Crippen LogP contribution in [0, 0.1) is 0 Å². The Kier molecular flexibility index (Phi) is 5.95. The van der Waals surface area contributed by atoms with Crippen molar-refractivity contribution in [2.24, 2.45) is 0 Å². The third kappa shape index (κ3) is 5.37. The Morgan fingerprint density at radius 2 is 1.96 bits per heavy atom. The number of aromatic nitrogens is 2. The molecule has 24 heavy (non-hydrogen) atoms. The van der Waals surface area contributed by atoms with Crippen molar-refractivity contribution in [3.63, 3.8) is 0 Å². The molecule has 0 aliphatic carbocycles. The van der Waals surface area contributed by atoms with Gasteiger partial charge in [-0.1, -0.05) is 44.1 Å². The van der Waals surface area contributed by atoms with Crippen molar-refractivity contribution in [3.05, 3.63) is 42.0 Å². The summed E-state index contributed by atoms with van der Waals surface area (Å²) in [6, 6.07) is 9.49. The molecule has 0 aliphatic heterocycles. The lowest BCUT2D eigenvalue weighted by molar-refractivity contribution is -0.150. The summed E-state index contributed by atoms with van der Waals surface area (Å²) in [6.07, 6.45) is 0.297. The van der Waals surface area contributed by atoms with E-state index in [1.165, 1.54) is 0 Å². The number of rotatable bonds is 7. The minimum absolute atomic E-state index is 0.208. The van der Waals surface area contributed by atoms with Crippen molar-refractivity contribution in [2.75, 3.05) is 6.61 Å². The van der Waals surface area contributed by atoms with Crippen molar-refractivity contribution >= 4 is 5.97 Å². The number of ether oxygens (including phenoxy) is 2. The molecule has 0 bridgehead atoms. The number of carbonyl (C=O) groups is 1. The Bertz CT molecular complexity index is 647. The summed E-state index contributed by atoms with van der Waals surface area (Å²) in [6.45, 7) is 8.15. The maximum Gasteiger partial charge on any atom is 0.306 e. The molecule has 2 rings (SSSR count). The van der Waals surface area contributed by atoms with Crippen LogP contribution in [0.5, 0.6) is 5.75 Å². The molecule has 0 aliphatic rings. The highest BCUT2D eigenvalue weighted by molar-refractivity contribution is 5.69. The number of nitrogens with zero attached hydrogens (tertiary/aromatic N) is 2. The minimum Gasteiger partial charge on any atom is -0.494 e. The maximum absolute atomic E-state index is 11.9. The molecule has 0 saturated carbocycles. The zero-order chi connectivity index (χ0) is 17.6. The Morgan fingerprint density at radius 3 is 2.58 bits per heavy atom. The fourth-order valence-electron chi connectivity index (χ4n) is 1.93. The summed E-state index contributed by atoms with van der Waals surface area (Å²) >= 11 is 0. The van der Waals surface area contributed by atoms with Crippen molar-refractivity contribution in [1.82, 2.24) is 10.1 Å². The van der Waals surface area contributed by atoms with Gasteiger partial charge in [0, 0.05) is 11.8 Å². The van der Waals surface area contributed by atoms with E-state index in [4.69, 9.17) is 14.0 Å². The van der Waals surface area contributed by atoms with Crippen LogP contribution in [0.25, 0.3) is 0 Å². The van der Waals surface area contributed by atoms with E-state index in [9.17, 15) is 4.79 Å². The second-order valence-corrected chi connectivity index (χ2v) is 6.60. The molecule has 1 aromatic carbocycles. The second kappa shape index (κ2) is 7.95. The molecule has 2 aromatic rings. The van der Waals surface area contributed by atoms with Crippen LogP contribution >= 0.6 is 0 Å². The molecular weight excluding hydrogens is 308 g/mol. The average Bonchev–Trinajstić information content (AvgIpc) is 3.03. The number of para-hydroxylation sites is 1. The molecule has 0 N–H and O–H groups in total.